The van der Waals surface area contributed by atoms with Crippen molar-refractivity contribution in [2.24, 2.45) is 0 Å². The number of pyridine rings is 1. The highest BCUT2D eigenvalue weighted by atomic mass is 79.9. The van der Waals surface area contributed by atoms with E-state index >= 15 is 0 Å². The van der Waals surface area contributed by atoms with E-state index in [1.807, 2.05) is 0 Å². The molecule has 0 saturated carbocycles. The molecular formula is C13H8BrFN2O3. The summed E-state index contributed by atoms with van der Waals surface area (Å²) in [7, 11) is 0. The van der Waals surface area contributed by atoms with E-state index in [2.05, 4.69) is 26.2 Å². The van der Waals surface area contributed by atoms with Gasteiger partial charge in [0.2, 0.25) is 0 Å². The lowest BCUT2D eigenvalue weighted by molar-refractivity contribution is 0.0696. The van der Waals surface area contributed by atoms with Gasteiger partial charge in [-0.2, -0.15) is 0 Å². The Hall–Kier alpha value is -2.28. The van der Waals surface area contributed by atoms with Crippen LogP contribution in [0, 0.1) is 5.82 Å². The van der Waals surface area contributed by atoms with Crippen LogP contribution >= 0.6 is 15.9 Å². The number of hydrogen-bond donors (Lipinski definition) is 2. The number of hydrogen-bond acceptors (Lipinski definition) is 3. The summed E-state index contributed by atoms with van der Waals surface area (Å²) in [5.74, 6) is -2.19. The van der Waals surface area contributed by atoms with E-state index in [1.54, 1.807) is 0 Å². The van der Waals surface area contributed by atoms with Crippen molar-refractivity contribution in [2.45, 2.75) is 0 Å². The summed E-state index contributed by atoms with van der Waals surface area (Å²) in [6.45, 7) is 0. The molecule has 0 bridgehead atoms. The van der Waals surface area contributed by atoms with Crippen LogP contribution in [0.1, 0.15) is 20.7 Å². The molecular weight excluding hydrogens is 331 g/mol. The highest BCUT2D eigenvalue weighted by molar-refractivity contribution is 9.10. The summed E-state index contributed by atoms with van der Waals surface area (Å²) in [4.78, 5) is 26.5. The molecule has 5 nitrogen and oxygen atoms in total. The van der Waals surface area contributed by atoms with Gasteiger partial charge in [0, 0.05) is 11.8 Å². The molecule has 0 saturated heterocycles. The molecule has 1 aromatic heterocycles. The maximum absolute atomic E-state index is 13.3. The second-order valence-corrected chi connectivity index (χ2v) is 4.67. The van der Waals surface area contributed by atoms with Crippen LogP contribution in [0.4, 0.5) is 10.2 Å². The SMILES string of the molecule is O=C(O)c1ccnc(NC(=O)c2ccc(Br)c(F)c2)c1. The first-order chi connectivity index (χ1) is 9.47. The average molecular weight is 339 g/mol. The van der Waals surface area contributed by atoms with Gasteiger partial charge in [-0.25, -0.2) is 14.2 Å². The van der Waals surface area contributed by atoms with Gasteiger partial charge in [-0.3, -0.25) is 4.79 Å². The number of carboxylic acid groups (broad SMARTS) is 1. The van der Waals surface area contributed by atoms with Crippen molar-refractivity contribution < 1.29 is 19.1 Å². The fraction of sp³-hybridized carbons (Fsp3) is 0. The maximum Gasteiger partial charge on any atom is 0.335 e. The largest absolute Gasteiger partial charge is 0.478 e. The normalized spacial score (nSPS) is 10.1. The van der Waals surface area contributed by atoms with Crippen LogP contribution in [-0.2, 0) is 0 Å². The van der Waals surface area contributed by atoms with Gasteiger partial charge >= 0.3 is 5.97 Å². The Balaban J connectivity index is 2.21. The molecule has 0 fully saturated rings. The zero-order valence-corrected chi connectivity index (χ0v) is 11.5. The molecule has 0 atom stereocenters. The van der Waals surface area contributed by atoms with Gasteiger partial charge in [-0.1, -0.05) is 0 Å². The summed E-state index contributed by atoms with van der Waals surface area (Å²) in [5.41, 5.74) is 0.102. The van der Waals surface area contributed by atoms with Crippen molar-refractivity contribution in [3.8, 4) is 0 Å². The molecule has 2 aromatic rings. The smallest absolute Gasteiger partial charge is 0.335 e. The summed E-state index contributed by atoms with van der Waals surface area (Å²) < 4.78 is 13.6. The van der Waals surface area contributed by atoms with E-state index in [-0.39, 0.29) is 21.4 Å². The van der Waals surface area contributed by atoms with Crippen LogP contribution in [0.2, 0.25) is 0 Å². The molecule has 0 radical (unpaired) electrons. The maximum atomic E-state index is 13.3. The number of nitrogens with zero attached hydrogens (tertiary/aromatic N) is 1. The monoisotopic (exact) mass is 338 g/mol. The first kappa shape index (κ1) is 14.1. The van der Waals surface area contributed by atoms with Crippen molar-refractivity contribution in [3.05, 3.63) is 57.9 Å². The Morgan fingerprint density at radius 3 is 2.60 bits per heavy atom. The molecule has 1 heterocycles. The number of carbonyl (C=O) groups excluding carboxylic acids is 1. The van der Waals surface area contributed by atoms with Gasteiger partial charge in [-0.05, 0) is 46.3 Å². The lowest BCUT2D eigenvalue weighted by Crippen LogP contribution is -2.13. The second kappa shape index (κ2) is 5.79. The number of aromatic carboxylic acids is 1. The summed E-state index contributed by atoms with van der Waals surface area (Å²) in [5, 5.41) is 11.2. The van der Waals surface area contributed by atoms with E-state index in [9.17, 15) is 14.0 Å². The van der Waals surface area contributed by atoms with Crippen LogP contribution in [0.15, 0.2) is 41.0 Å². The third-order valence-corrected chi connectivity index (χ3v) is 3.07. The number of benzene rings is 1. The van der Waals surface area contributed by atoms with Crippen LogP contribution in [0.5, 0.6) is 0 Å². The van der Waals surface area contributed by atoms with E-state index in [1.165, 1.54) is 30.5 Å². The minimum atomic E-state index is -1.13. The fourth-order valence-electron chi connectivity index (χ4n) is 1.46. The number of rotatable bonds is 3. The molecule has 1 amide bonds. The minimum Gasteiger partial charge on any atom is -0.478 e. The first-order valence-corrected chi connectivity index (χ1v) is 6.22. The van der Waals surface area contributed by atoms with Crippen molar-refractivity contribution in [1.29, 1.82) is 0 Å². The molecule has 0 spiro atoms. The Bertz CT molecular complexity index is 691. The van der Waals surface area contributed by atoms with Gasteiger partial charge in [0.15, 0.2) is 0 Å². The number of nitrogens with one attached hydrogen (secondary N) is 1. The first-order valence-electron chi connectivity index (χ1n) is 5.43. The van der Waals surface area contributed by atoms with Crippen molar-refractivity contribution in [1.82, 2.24) is 4.98 Å². The quantitative estimate of drug-likeness (QED) is 0.901. The summed E-state index contributed by atoms with van der Waals surface area (Å²) >= 11 is 2.99. The molecule has 0 aliphatic heterocycles. The Labute approximate surface area is 121 Å². The number of carbonyl (C=O) groups is 2. The van der Waals surface area contributed by atoms with E-state index in [4.69, 9.17) is 5.11 Å². The predicted octanol–water partition coefficient (Wildman–Crippen LogP) is 2.93. The molecule has 20 heavy (non-hydrogen) atoms. The second-order valence-electron chi connectivity index (χ2n) is 3.82. The van der Waals surface area contributed by atoms with E-state index in [0.717, 1.165) is 6.07 Å². The van der Waals surface area contributed by atoms with Gasteiger partial charge in [0.25, 0.3) is 5.91 Å². The zero-order valence-electron chi connectivity index (χ0n) is 9.93. The molecule has 102 valence electrons. The van der Waals surface area contributed by atoms with Gasteiger partial charge < -0.3 is 10.4 Å². The topological polar surface area (TPSA) is 79.3 Å². The van der Waals surface area contributed by atoms with E-state index in [0.29, 0.717) is 0 Å². The Morgan fingerprint density at radius 2 is 1.95 bits per heavy atom. The minimum absolute atomic E-state index is 0.00251. The lowest BCUT2D eigenvalue weighted by Gasteiger charge is -2.05. The molecule has 0 aliphatic rings. The summed E-state index contributed by atoms with van der Waals surface area (Å²) in [6, 6.07) is 6.43. The van der Waals surface area contributed by atoms with Crippen molar-refractivity contribution >= 4 is 33.6 Å². The van der Waals surface area contributed by atoms with Crippen LogP contribution in [-0.4, -0.2) is 22.0 Å². The third kappa shape index (κ3) is 3.18. The van der Waals surface area contributed by atoms with Crippen molar-refractivity contribution in [3.63, 3.8) is 0 Å². The molecule has 2 N–H and O–H groups in total. The molecule has 7 heteroatoms. The third-order valence-electron chi connectivity index (χ3n) is 2.43. The van der Waals surface area contributed by atoms with Crippen molar-refractivity contribution in [2.75, 3.05) is 5.32 Å². The predicted molar refractivity (Wildman–Crippen MR) is 73.2 cm³/mol. The average Bonchev–Trinajstić information content (AvgIpc) is 2.42. The fourth-order valence-corrected chi connectivity index (χ4v) is 1.70. The number of amides is 1. The molecule has 0 unspecified atom stereocenters. The van der Waals surface area contributed by atoms with Crippen LogP contribution in [0.3, 0.4) is 0 Å². The molecule has 1 aromatic carbocycles. The Morgan fingerprint density at radius 1 is 1.20 bits per heavy atom. The van der Waals surface area contributed by atoms with E-state index < -0.39 is 17.7 Å². The van der Waals surface area contributed by atoms with Crippen LogP contribution < -0.4 is 5.32 Å². The Kier molecular flexibility index (Phi) is 4.09. The van der Waals surface area contributed by atoms with Gasteiger partial charge in [0.05, 0.1) is 10.0 Å². The van der Waals surface area contributed by atoms with Gasteiger partial charge in [-0.15, -0.1) is 0 Å². The lowest BCUT2D eigenvalue weighted by atomic mass is 10.2. The standard InChI is InChI=1S/C13H8BrFN2O3/c14-9-2-1-7(5-10(9)15)12(18)17-11-6-8(13(19)20)3-4-16-11/h1-6H,(H,19,20)(H,16,17,18). The number of halogens is 2. The number of anilines is 1. The number of aromatic nitrogens is 1. The van der Waals surface area contributed by atoms with Gasteiger partial charge in [0.1, 0.15) is 11.6 Å². The summed E-state index contributed by atoms with van der Waals surface area (Å²) in [6.07, 6.45) is 1.27. The zero-order chi connectivity index (χ0) is 14.7. The molecule has 0 aliphatic carbocycles. The van der Waals surface area contributed by atoms with Crippen LogP contribution in [0.25, 0.3) is 0 Å². The highest BCUT2D eigenvalue weighted by Gasteiger charge is 2.11. The molecule has 2 rings (SSSR count). The number of carboxylic acids is 1. The highest BCUT2D eigenvalue weighted by Crippen LogP contribution is 2.17.